The maximum atomic E-state index is 10.2. The molecule has 0 saturated heterocycles. The topological polar surface area (TPSA) is 20.2 Å². The van der Waals surface area contributed by atoms with E-state index in [0.29, 0.717) is 5.57 Å². The Balaban J connectivity index is 2.23. The fourth-order valence-electron chi connectivity index (χ4n) is 1.64. The van der Waals surface area contributed by atoms with Crippen LogP contribution in [0.25, 0.3) is 0 Å². The van der Waals surface area contributed by atoms with Crippen molar-refractivity contribution < 1.29 is 5.11 Å². The third-order valence-corrected chi connectivity index (χ3v) is 4.05. The molecule has 0 radical (unpaired) electrons. The van der Waals surface area contributed by atoms with Crippen molar-refractivity contribution in [2.75, 3.05) is 0 Å². The molecule has 0 saturated carbocycles. The Morgan fingerprint density at radius 1 is 1.18 bits per heavy atom. The second kappa shape index (κ2) is 5.03. The van der Waals surface area contributed by atoms with Gasteiger partial charge in [-0.15, -0.1) is 11.6 Å². The molecule has 0 aliphatic heterocycles. The molecule has 0 amide bonds. The van der Waals surface area contributed by atoms with Crippen LogP contribution < -0.4 is 0 Å². The number of hydrogen-bond acceptors (Lipinski definition) is 1. The molecular weight excluding hydrogens is 279 g/mol. The van der Waals surface area contributed by atoms with E-state index in [1.54, 1.807) is 18.2 Å². The monoisotopic (exact) mass is 288 g/mol. The van der Waals surface area contributed by atoms with Gasteiger partial charge in [0, 0.05) is 0 Å². The zero-order valence-corrected chi connectivity index (χ0v) is 11.1. The number of alkyl halides is 3. The molecule has 0 fully saturated rings. The van der Waals surface area contributed by atoms with E-state index >= 15 is 0 Å². The van der Waals surface area contributed by atoms with Crippen molar-refractivity contribution >= 4 is 34.8 Å². The molecule has 4 heteroatoms. The van der Waals surface area contributed by atoms with Gasteiger partial charge in [0.15, 0.2) is 4.33 Å². The van der Waals surface area contributed by atoms with E-state index in [2.05, 4.69) is 0 Å². The Morgan fingerprint density at radius 3 is 2.41 bits per heavy atom. The van der Waals surface area contributed by atoms with Crippen molar-refractivity contribution in [3.05, 3.63) is 59.7 Å². The molecule has 2 unspecified atom stereocenters. The third-order valence-electron chi connectivity index (χ3n) is 2.64. The van der Waals surface area contributed by atoms with Crippen molar-refractivity contribution in [3.8, 4) is 0 Å². The van der Waals surface area contributed by atoms with E-state index in [-0.39, 0.29) is 0 Å². The molecule has 17 heavy (non-hydrogen) atoms. The molecule has 1 aliphatic rings. The van der Waals surface area contributed by atoms with Gasteiger partial charge in [-0.2, -0.15) is 0 Å². The maximum Gasteiger partial charge on any atom is 0.156 e. The van der Waals surface area contributed by atoms with Gasteiger partial charge < -0.3 is 5.11 Å². The van der Waals surface area contributed by atoms with E-state index in [0.717, 1.165) is 5.56 Å². The van der Waals surface area contributed by atoms with E-state index in [9.17, 15) is 5.11 Å². The molecule has 1 aromatic rings. The van der Waals surface area contributed by atoms with E-state index in [4.69, 9.17) is 34.8 Å². The molecule has 1 aliphatic carbocycles. The Bertz CT molecular complexity index is 451. The van der Waals surface area contributed by atoms with Crippen LogP contribution in [-0.4, -0.2) is 14.8 Å². The average Bonchev–Trinajstić information content (AvgIpc) is 2.33. The summed E-state index contributed by atoms with van der Waals surface area (Å²) in [5.41, 5.74) is 1.51. The van der Waals surface area contributed by atoms with Gasteiger partial charge in [-0.25, -0.2) is 0 Å². The minimum atomic E-state index is -1.11. The highest BCUT2D eigenvalue weighted by Crippen LogP contribution is 2.38. The van der Waals surface area contributed by atoms with Crippen molar-refractivity contribution in [2.45, 2.75) is 15.8 Å². The largest absolute Gasteiger partial charge is 0.384 e. The lowest BCUT2D eigenvalue weighted by Crippen LogP contribution is -2.25. The minimum absolute atomic E-state index is 0.552. The van der Waals surface area contributed by atoms with E-state index < -0.39 is 15.8 Å². The highest BCUT2D eigenvalue weighted by atomic mass is 35.5. The summed E-state index contributed by atoms with van der Waals surface area (Å²) in [6.07, 6.45) is 4.27. The van der Waals surface area contributed by atoms with Crippen LogP contribution in [0.5, 0.6) is 0 Å². The van der Waals surface area contributed by atoms with Crippen molar-refractivity contribution in [3.63, 3.8) is 0 Å². The zero-order valence-electron chi connectivity index (χ0n) is 8.85. The minimum Gasteiger partial charge on any atom is -0.384 e. The molecule has 2 rings (SSSR count). The van der Waals surface area contributed by atoms with Crippen LogP contribution >= 0.6 is 34.8 Å². The molecule has 2 atom stereocenters. The van der Waals surface area contributed by atoms with Crippen LogP contribution in [0.1, 0.15) is 11.7 Å². The molecule has 1 aromatic carbocycles. The first-order valence-electron chi connectivity index (χ1n) is 5.16. The highest BCUT2D eigenvalue weighted by Gasteiger charge is 2.33. The SMILES string of the molecule is OC(C1=CC(Cl)C(Cl)(Cl)C=C1)c1ccccc1. The number of benzene rings is 1. The van der Waals surface area contributed by atoms with Gasteiger partial charge in [0.2, 0.25) is 0 Å². The fourth-order valence-corrected chi connectivity index (χ4v) is 2.12. The quantitative estimate of drug-likeness (QED) is 0.816. The second-order valence-corrected chi connectivity index (χ2v) is 5.80. The van der Waals surface area contributed by atoms with Crippen LogP contribution in [-0.2, 0) is 0 Å². The molecule has 1 nitrogen and oxygen atoms in total. The lowest BCUT2D eigenvalue weighted by Gasteiger charge is -2.25. The highest BCUT2D eigenvalue weighted by molar-refractivity contribution is 6.54. The van der Waals surface area contributed by atoms with E-state index in [1.807, 2.05) is 30.3 Å². The smallest absolute Gasteiger partial charge is 0.156 e. The molecule has 0 heterocycles. The summed E-state index contributed by atoms with van der Waals surface area (Å²) in [6.45, 7) is 0. The predicted molar refractivity (Wildman–Crippen MR) is 72.7 cm³/mol. The second-order valence-electron chi connectivity index (χ2n) is 3.89. The number of halogens is 3. The summed E-state index contributed by atoms with van der Waals surface area (Å²) in [5, 5.41) is 9.62. The van der Waals surface area contributed by atoms with Gasteiger partial charge in [-0.3, -0.25) is 0 Å². The first-order chi connectivity index (χ1) is 8.00. The Kier molecular flexibility index (Phi) is 3.84. The summed E-state index contributed by atoms with van der Waals surface area (Å²) in [5.74, 6) is 0. The van der Waals surface area contributed by atoms with Crippen LogP contribution in [0.3, 0.4) is 0 Å². The number of aliphatic hydroxyl groups is 1. The van der Waals surface area contributed by atoms with Gasteiger partial charge in [-0.05, 0) is 17.2 Å². The standard InChI is InChI=1S/C13H11Cl3O/c14-11-8-10(6-7-13(11,15)16)12(17)9-4-2-1-3-5-9/h1-8,11-12,17H. The Hall–Kier alpha value is -0.470. The van der Waals surface area contributed by atoms with Gasteiger partial charge in [0.1, 0.15) is 6.10 Å². The van der Waals surface area contributed by atoms with Gasteiger partial charge in [0.05, 0.1) is 5.38 Å². The van der Waals surface area contributed by atoms with Crippen LogP contribution in [0.2, 0.25) is 0 Å². The average molecular weight is 290 g/mol. The van der Waals surface area contributed by atoms with Gasteiger partial charge in [0.25, 0.3) is 0 Å². The first-order valence-corrected chi connectivity index (χ1v) is 6.36. The van der Waals surface area contributed by atoms with Gasteiger partial charge in [-0.1, -0.05) is 65.7 Å². The fraction of sp³-hybridized carbons (Fsp3) is 0.231. The summed E-state index contributed by atoms with van der Waals surface area (Å²) in [4.78, 5) is 0. The molecule has 0 bridgehead atoms. The summed E-state index contributed by atoms with van der Waals surface area (Å²) >= 11 is 17.9. The molecule has 0 aromatic heterocycles. The number of hydrogen-bond donors (Lipinski definition) is 1. The molecule has 0 spiro atoms. The Morgan fingerprint density at radius 2 is 1.82 bits per heavy atom. The maximum absolute atomic E-state index is 10.2. The van der Waals surface area contributed by atoms with E-state index in [1.165, 1.54) is 0 Å². The van der Waals surface area contributed by atoms with Crippen molar-refractivity contribution in [1.82, 2.24) is 0 Å². The third kappa shape index (κ3) is 2.86. The van der Waals surface area contributed by atoms with Crippen LogP contribution in [0.4, 0.5) is 0 Å². The zero-order chi connectivity index (χ0) is 12.5. The molecular formula is C13H11Cl3O. The summed E-state index contributed by atoms with van der Waals surface area (Å²) in [7, 11) is 0. The first kappa shape index (κ1) is 13.0. The summed E-state index contributed by atoms with van der Waals surface area (Å²) in [6, 6.07) is 9.35. The number of aliphatic hydroxyl groups excluding tert-OH is 1. The number of rotatable bonds is 2. The van der Waals surface area contributed by atoms with Gasteiger partial charge >= 0.3 is 0 Å². The lowest BCUT2D eigenvalue weighted by molar-refractivity contribution is 0.219. The predicted octanol–water partition coefficient (Wildman–Crippen LogP) is 4.00. The van der Waals surface area contributed by atoms with Crippen LogP contribution in [0.15, 0.2) is 54.1 Å². The van der Waals surface area contributed by atoms with Crippen molar-refractivity contribution in [1.29, 1.82) is 0 Å². The normalized spacial score (nSPS) is 24.2. The molecule has 1 N–H and O–H groups in total. The van der Waals surface area contributed by atoms with Crippen molar-refractivity contribution in [2.24, 2.45) is 0 Å². The molecule has 90 valence electrons. The summed E-state index contributed by atoms with van der Waals surface area (Å²) < 4.78 is -1.11. The Labute approximate surface area is 115 Å². The van der Waals surface area contributed by atoms with Crippen LogP contribution in [0, 0.1) is 0 Å². The number of allylic oxidation sites excluding steroid dienone is 2. The lowest BCUT2D eigenvalue weighted by atomic mass is 9.96.